The number of rotatable bonds is 7. The van der Waals surface area contributed by atoms with Gasteiger partial charge in [-0.1, -0.05) is 38.7 Å². The van der Waals surface area contributed by atoms with Crippen molar-refractivity contribution in [2.75, 3.05) is 6.61 Å². The van der Waals surface area contributed by atoms with E-state index >= 15 is 0 Å². The molecule has 0 aliphatic rings. The second-order valence-corrected chi connectivity index (χ2v) is 7.54. The summed E-state index contributed by atoms with van der Waals surface area (Å²) >= 11 is 4.39. The van der Waals surface area contributed by atoms with Gasteiger partial charge in [0.05, 0.1) is 18.3 Å². The highest BCUT2D eigenvalue weighted by molar-refractivity contribution is 14.1. The van der Waals surface area contributed by atoms with Gasteiger partial charge in [-0.05, 0) is 70.7 Å². The number of benzene rings is 1. The maximum Gasteiger partial charge on any atom is 0.303 e. The van der Waals surface area contributed by atoms with Crippen LogP contribution in [-0.2, 0) is 4.79 Å². The molecular weight excluding hydrogens is 548 g/mol. The van der Waals surface area contributed by atoms with Gasteiger partial charge in [0.15, 0.2) is 0 Å². The number of halogens is 2. The number of carbonyl (C=O) groups is 1. The van der Waals surface area contributed by atoms with Crippen LogP contribution in [0, 0.1) is 18.5 Å². The lowest BCUT2D eigenvalue weighted by Gasteiger charge is -1.95. The van der Waals surface area contributed by atoms with Crippen LogP contribution >= 0.6 is 45.2 Å². The third kappa shape index (κ3) is 18.2. The Morgan fingerprint density at radius 1 is 1.24 bits per heavy atom. The molecule has 1 rings (SSSR count). The fourth-order valence-electron chi connectivity index (χ4n) is 1.47. The van der Waals surface area contributed by atoms with Crippen molar-refractivity contribution in [1.82, 2.24) is 0 Å². The molecule has 1 aromatic rings. The number of carboxylic acids is 1. The van der Waals surface area contributed by atoms with Crippen molar-refractivity contribution < 1.29 is 20.1 Å². The zero-order valence-electron chi connectivity index (χ0n) is 14.7. The summed E-state index contributed by atoms with van der Waals surface area (Å²) in [7, 11) is 0. The van der Waals surface area contributed by atoms with E-state index in [-0.39, 0.29) is 6.61 Å². The molecule has 7 heteroatoms. The van der Waals surface area contributed by atoms with Crippen LogP contribution in [0.1, 0.15) is 57.9 Å². The lowest BCUT2D eigenvalue weighted by molar-refractivity contribution is -0.137. The van der Waals surface area contributed by atoms with Crippen LogP contribution in [0.3, 0.4) is 0 Å². The Kier molecular flexibility index (Phi) is 19.7. The molecule has 5 nitrogen and oxygen atoms in total. The van der Waals surface area contributed by atoms with E-state index in [9.17, 15) is 4.79 Å². The number of carboxylic acid groups (broad SMARTS) is 1. The van der Waals surface area contributed by atoms with Crippen molar-refractivity contribution in [2.24, 2.45) is 0 Å². The molecule has 0 aromatic heterocycles. The van der Waals surface area contributed by atoms with Crippen LogP contribution in [-0.4, -0.2) is 34.0 Å². The molecule has 1 atom stereocenters. The fourth-order valence-corrected chi connectivity index (χ4v) is 2.45. The first-order valence-corrected chi connectivity index (χ1v) is 10.3. The molecule has 0 bridgehead atoms. The van der Waals surface area contributed by atoms with Gasteiger partial charge in [0.2, 0.25) is 0 Å². The average molecular weight is 575 g/mol. The van der Waals surface area contributed by atoms with Gasteiger partial charge < -0.3 is 15.3 Å². The topological polar surface area (TPSA) is 102 Å². The van der Waals surface area contributed by atoms with Gasteiger partial charge in [-0.2, -0.15) is 5.26 Å². The van der Waals surface area contributed by atoms with E-state index in [0.717, 1.165) is 25.5 Å². The van der Waals surface area contributed by atoms with Crippen molar-refractivity contribution in [1.29, 1.82) is 5.26 Å². The molecule has 0 spiro atoms. The Hall–Kier alpha value is -0.440. The second-order valence-electron chi connectivity index (χ2n) is 5.30. The Balaban J connectivity index is 0. The number of hydrogen-bond donors (Lipinski definition) is 3. The molecule has 0 saturated heterocycles. The monoisotopic (exact) mass is 575 g/mol. The van der Waals surface area contributed by atoms with Gasteiger partial charge in [0, 0.05) is 13.6 Å². The smallest absolute Gasteiger partial charge is 0.303 e. The molecule has 0 saturated carbocycles. The number of aliphatic carboxylic acids is 1. The molecule has 1 aromatic carbocycles. The molecule has 25 heavy (non-hydrogen) atoms. The molecule has 142 valence electrons. The van der Waals surface area contributed by atoms with E-state index < -0.39 is 12.1 Å². The minimum atomic E-state index is -0.670. The minimum Gasteiger partial charge on any atom is -0.481 e. The van der Waals surface area contributed by atoms with Crippen LogP contribution in [0.4, 0.5) is 0 Å². The summed E-state index contributed by atoms with van der Waals surface area (Å²) in [6.07, 6.45) is 5.32. The molecule has 1 unspecified atom stereocenters. The first-order chi connectivity index (χ1) is 11.8. The Labute approximate surface area is 177 Å². The van der Waals surface area contributed by atoms with Crippen molar-refractivity contribution in [2.45, 2.75) is 58.5 Å². The molecular formula is C18H27I2NO4. The highest BCUT2D eigenvalue weighted by atomic mass is 127. The molecule has 0 aliphatic heterocycles. The Bertz CT molecular complexity index is 516. The third-order valence-corrected chi connectivity index (χ3v) is 5.92. The zero-order valence-corrected chi connectivity index (χ0v) is 19.0. The third-order valence-electron chi connectivity index (χ3n) is 2.83. The number of hydrogen-bond acceptors (Lipinski definition) is 4. The van der Waals surface area contributed by atoms with Gasteiger partial charge in [-0.3, -0.25) is 4.79 Å². The first kappa shape index (κ1) is 26.8. The van der Waals surface area contributed by atoms with Crippen LogP contribution < -0.4 is 0 Å². The highest BCUT2D eigenvalue weighted by Gasteiger charge is 1.99. The number of nitrogens with zero attached hydrogens (tertiary/aromatic N) is 1. The average Bonchev–Trinajstić information content (AvgIpc) is 2.58. The van der Waals surface area contributed by atoms with E-state index in [2.05, 4.69) is 58.2 Å². The summed E-state index contributed by atoms with van der Waals surface area (Å²) in [5, 5.41) is 32.9. The predicted octanol–water partition coefficient (Wildman–Crippen LogP) is 4.56. The molecule has 0 radical (unpaired) electrons. The number of aliphatic hydroxyl groups is 2. The fraction of sp³-hybridized carbons (Fsp3) is 0.556. The summed E-state index contributed by atoms with van der Waals surface area (Å²) in [5.74, 6) is -0.670. The molecule has 0 amide bonds. The number of nitriles is 1. The predicted molar refractivity (Wildman–Crippen MR) is 116 cm³/mol. The zero-order chi connectivity index (χ0) is 19.7. The van der Waals surface area contributed by atoms with E-state index in [1.807, 2.05) is 18.2 Å². The van der Waals surface area contributed by atoms with Gasteiger partial charge in [-0.25, -0.2) is 0 Å². The number of aliphatic hydroxyl groups excluding tert-OH is 2. The normalized spacial score (nSPS) is 10.4. The quantitative estimate of drug-likeness (QED) is 0.327. The van der Waals surface area contributed by atoms with Crippen molar-refractivity contribution >= 4 is 51.2 Å². The van der Waals surface area contributed by atoms with Crippen molar-refractivity contribution in [3.8, 4) is 6.07 Å². The summed E-state index contributed by atoms with van der Waals surface area (Å²) in [6.45, 7) is 3.54. The molecule has 0 fully saturated rings. The van der Waals surface area contributed by atoms with Crippen LogP contribution in [0.15, 0.2) is 18.2 Å². The minimum absolute atomic E-state index is 0.139. The molecule has 0 heterocycles. The van der Waals surface area contributed by atoms with Gasteiger partial charge >= 0.3 is 5.97 Å². The molecule has 0 aliphatic carbocycles. The van der Waals surface area contributed by atoms with Crippen molar-refractivity contribution in [3.05, 3.63) is 30.9 Å². The van der Waals surface area contributed by atoms with E-state index in [0.29, 0.717) is 6.42 Å². The van der Waals surface area contributed by atoms with E-state index in [4.69, 9.17) is 20.6 Å². The van der Waals surface area contributed by atoms with Gasteiger partial charge in [-0.15, -0.1) is 0 Å². The van der Waals surface area contributed by atoms with E-state index in [1.165, 1.54) is 26.2 Å². The van der Waals surface area contributed by atoms with Crippen molar-refractivity contribution in [3.63, 3.8) is 0 Å². The summed E-state index contributed by atoms with van der Waals surface area (Å²) in [5.41, 5.74) is 0.757. The summed E-state index contributed by atoms with van der Waals surface area (Å²) < 4.78 is 2.18. The van der Waals surface area contributed by atoms with Crippen LogP contribution in [0.25, 0.3) is 0 Å². The maximum atomic E-state index is 10.0. The summed E-state index contributed by atoms with van der Waals surface area (Å²) in [6, 6.07) is 7.83. The second kappa shape index (κ2) is 18.4. The lowest BCUT2D eigenvalue weighted by Crippen LogP contribution is -2.03. The maximum absolute atomic E-state index is 10.0. The highest BCUT2D eigenvalue weighted by Crippen LogP contribution is 2.17. The standard InChI is InChI=1S/C8H16O2.C7H3I2N.C3H8O2/c1-2-3-4-5-6-7-8(9)10;8-6-3-1-2-5(4-10)7(6)9;1-3(5)2-4/h2-7H2,1H3,(H,9,10);1-3H;3-5H,2H2,1H3. The number of unbranched alkanes of at least 4 members (excludes halogenated alkanes) is 4. The SMILES string of the molecule is CC(O)CO.CCCCCCCC(=O)O.N#Cc1cccc(I)c1I. The Morgan fingerprint density at radius 3 is 2.20 bits per heavy atom. The van der Waals surface area contributed by atoms with Crippen LogP contribution in [0.5, 0.6) is 0 Å². The molecule has 3 N–H and O–H groups in total. The van der Waals surface area contributed by atoms with Crippen LogP contribution in [0.2, 0.25) is 0 Å². The summed E-state index contributed by atoms with van der Waals surface area (Å²) in [4.78, 5) is 10.0. The lowest BCUT2D eigenvalue weighted by atomic mass is 10.1. The van der Waals surface area contributed by atoms with Gasteiger partial charge in [0.1, 0.15) is 6.07 Å². The largest absolute Gasteiger partial charge is 0.481 e. The van der Waals surface area contributed by atoms with Gasteiger partial charge in [0.25, 0.3) is 0 Å². The Morgan fingerprint density at radius 2 is 1.80 bits per heavy atom. The first-order valence-electron chi connectivity index (χ1n) is 8.14. The van der Waals surface area contributed by atoms with E-state index in [1.54, 1.807) is 0 Å².